The molecule has 0 aliphatic carbocycles. The Morgan fingerprint density at radius 1 is 1.25 bits per heavy atom. The molecule has 2 heterocycles. The maximum Gasteiger partial charge on any atom is 0.323 e. The van der Waals surface area contributed by atoms with Crippen LogP contribution in [0.5, 0.6) is 0 Å². The number of aliphatic carboxylic acids is 1. The number of carboxylic acid groups (broad SMARTS) is 1. The average Bonchev–Trinajstić information content (AvgIpc) is 3.11. The average molecular weight is 386 g/mol. The standard InChI is InChI=1S/C18H22N6O4/c1-13(25)23(11-17(26)27)15-6-3-8-22(9-7-15)18(28)14-4-2-5-16(10-14)24-12-19-20-21-24/h2,4-5,10,12,15H,3,6-9,11H2,1H3,(H,26,27). The van der Waals surface area contributed by atoms with Gasteiger partial charge in [-0.05, 0) is 47.9 Å². The molecule has 1 fully saturated rings. The number of carbonyl (C=O) groups excluding carboxylic acids is 2. The van der Waals surface area contributed by atoms with Crippen LogP contribution >= 0.6 is 0 Å². The number of hydrogen-bond acceptors (Lipinski definition) is 6. The lowest BCUT2D eigenvalue weighted by Gasteiger charge is -2.28. The minimum atomic E-state index is -1.04. The molecular formula is C18H22N6O4. The molecular weight excluding hydrogens is 364 g/mol. The van der Waals surface area contributed by atoms with Crippen molar-refractivity contribution in [3.05, 3.63) is 36.2 Å². The van der Waals surface area contributed by atoms with Gasteiger partial charge in [0.15, 0.2) is 0 Å². The third-order valence-electron chi connectivity index (χ3n) is 4.84. The lowest BCUT2D eigenvalue weighted by Crippen LogP contribution is -2.43. The fourth-order valence-corrected chi connectivity index (χ4v) is 3.48. The van der Waals surface area contributed by atoms with Crippen LogP contribution in [0.2, 0.25) is 0 Å². The third-order valence-corrected chi connectivity index (χ3v) is 4.84. The molecule has 0 radical (unpaired) electrons. The fraction of sp³-hybridized carbons (Fsp3) is 0.444. The highest BCUT2D eigenvalue weighted by molar-refractivity contribution is 5.94. The zero-order valence-corrected chi connectivity index (χ0v) is 15.6. The molecule has 28 heavy (non-hydrogen) atoms. The van der Waals surface area contributed by atoms with Crippen LogP contribution in [0.4, 0.5) is 0 Å². The number of carbonyl (C=O) groups is 3. The Morgan fingerprint density at radius 3 is 2.75 bits per heavy atom. The first-order valence-corrected chi connectivity index (χ1v) is 9.07. The highest BCUT2D eigenvalue weighted by atomic mass is 16.4. The van der Waals surface area contributed by atoms with Crippen LogP contribution in [0.3, 0.4) is 0 Å². The summed E-state index contributed by atoms with van der Waals surface area (Å²) in [5.74, 6) is -1.41. The van der Waals surface area contributed by atoms with E-state index in [0.717, 1.165) is 0 Å². The van der Waals surface area contributed by atoms with Crippen molar-refractivity contribution in [2.45, 2.75) is 32.2 Å². The van der Waals surface area contributed by atoms with Gasteiger partial charge < -0.3 is 14.9 Å². The molecule has 10 nitrogen and oxygen atoms in total. The van der Waals surface area contributed by atoms with E-state index in [4.69, 9.17) is 5.11 Å². The number of hydrogen-bond donors (Lipinski definition) is 1. The van der Waals surface area contributed by atoms with Gasteiger partial charge in [0.25, 0.3) is 5.91 Å². The number of benzene rings is 1. The molecule has 1 aromatic carbocycles. The second kappa shape index (κ2) is 8.59. The van der Waals surface area contributed by atoms with Gasteiger partial charge in [-0.25, -0.2) is 4.68 Å². The largest absolute Gasteiger partial charge is 0.480 e. The summed E-state index contributed by atoms with van der Waals surface area (Å²) in [6.45, 7) is 2.08. The van der Waals surface area contributed by atoms with Crippen LogP contribution in [0.25, 0.3) is 5.69 Å². The Balaban J connectivity index is 1.70. The van der Waals surface area contributed by atoms with Crippen molar-refractivity contribution in [2.75, 3.05) is 19.6 Å². The Kier molecular flexibility index (Phi) is 5.97. The predicted molar refractivity (Wildman–Crippen MR) is 97.7 cm³/mol. The monoisotopic (exact) mass is 386 g/mol. The molecule has 1 unspecified atom stereocenters. The molecule has 1 aliphatic rings. The zero-order chi connectivity index (χ0) is 20.1. The van der Waals surface area contributed by atoms with Gasteiger partial charge in [-0.15, -0.1) is 5.10 Å². The summed E-state index contributed by atoms with van der Waals surface area (Å²) in [5, 5.41) is 20.1. The number of amides is 2. The van der Waals surface area contributed by atoms with E-state index >= 15 is 0 Å². The van der Waals surface area contributed by atoms with Gasteiger partial charge >= 0.3 is 5.97 Å². The SMILES string of the molecule is CC(=O)N(CC(=O)O)C1CCCN(C(=O)c2cccc(-n3cnnn3)c2)CC1. The van der Waals surface area contributed by atoms with Crippen LogP contribution in [-0.4, -0.2) is 78.6 Å². The number of likely N-dealkylation sites (tertiary alicyclic amines) is 1. The van der Waals surface area contributed by atoms with Crippen LogP contribution in [0.1, 0.15) is 36.5 Å². The van der Waals surface area contributed by atoms with Crippen molar-refractivity contribution >= 4 is 17.8 Å². The Hall–Kier alpha value is -3.30. The minimum absolute atomic E-state index is 0.108. The van der Waals surface area contributed by atoms with E-state index in [-0.39, 0.29) is 24.4 Å². The van der Waals surface area contributed by atoms with Crippen LogP contribution in [-0.2, 0) is 9.59 Å². The van der Waals surface area contributed by atoms with Crippen molar-refractivity contribution in [3.8, 4) is 5.69 Å². The predicted octanol–water partition coefficient (Wildman–Crippen LogP) is 0.590. The smallest absolute Gasteiger partial charge is 0.323 e. The first-order chi connectivity index (χ1) is 13.5. The Morgan fingerprint density at radius 2 is 2.07 bits per heavy atom. The number of tetrazole rings is 1. The summed E-state index contributed by atoms with van der Waals surface area (Å²) >= 11 is 0. The molecule has 2 aromatic rings. The highest BCUT2D eigenvalue weighted by Gasteiger charge is 2.28. The molecule has 1 aliphatic heterocycles. The molecule has 2 amide bonds. The van der Waals surface area contributed by atoms with Crippen molar-refractivity contribution < 1.29 is 19.5 Å². The summed E-state index contributed by atoms with van der Waals surface area (Å²) in [6, 6.07) is 6.87. The van der Waals surface area contributed by atoms with Crippen molar-refractivity contribution in [3.63, 3.8) is 0 Å². The first-order valence-electron chi connectivity index (χ1n) is 9.07. The zero-order valence-electron chi connectivity index (χ0n) is 15.6. The van der Waals surface area contributed by atoms with E-state index in [1.165, 1.54) is 22.8 Å². The maximum atomic E-state index is 13.0. The number of nitrogens with zero attached hydrogens (tertiary/aromatic N) is 6. The minimum Gasteiger partial charge on any atom is -0.480 e. The van der Waals surface area contributed by atoms with Crippen LogP contribution in [0, 0.1) is 0 Å². The molecule has 0 saturated carbocycles. The normalized spacial score (nSPS) is 17.0. The number of aromatic nitrogens is 4. The van der Waals surface area contributed by atoms with Crippen molar-refractivity contribution in [2.24, 2.45) is 0 Å². The Labute approximate surface area is 161 Å². The summed E-state index contributed by atoms with van der Waals surface area (Å²) < 4.78 is 1.48. The molecule has 0 spiro atoms. The quantitative estimate of drug-likeness (QED) is 0.798. The van der Waals surface area contributed by atoms with Crippen molar-refractivity contribution in [1.29, 1.82) is 0 Å². The van der Waals surface area contributed by atoms with Gasteiger partial charge in [0.05, 0.1) is 5.69 Å². The summed E-state index contributed by atoms with van der Waals surface area (Å²) in [7, 11) is 0. The molecule has 1 saturated heterocycles. The lowest BCUT2D eigenvalue weighted by molar-refractivity contribution is -0.145. The third kappa shape index (κ3) is 4.51. The van der Waals surface area contributed by atoms with Gasteiger partial charge in [-0.1, -0.05) is 6.07 Å². The highest BCUT2D eigenvalue weighted by Crippen LogP contribution is 2.19. The molecule has 3 rings (SSSR count). The van der Waals surface area contributed by atoms with Crippen LogP contribution in [0.15, 0.2) is 30.6 Å². The van der Waals surface area contributed by atoms with E-state index in [1.807, 2.05) is 6.07 Å². The summed E-state index contributed by atoms with van der Waals surface area (Å²) in [4.78, 5) is 39.0. The van der Waals surface area contributed by atoms with Gasteiger partial charge in [-0.2, -0.15) is 0 Å². The molecule has 1 atom stereocenters. The van der Waals surface area contributed by atoms with E-state index in [9.17, 15) is 14.4 Å². The molecule has 10 heteroatoms. The van der Waals surface area contributed by atoms with E-state index in [1.54, 1.807) is 23.1 Å². The topological polar surface area (TPSA) is 122 Å². The molecule has 1 N–H and O–H groups in total. The number of rotatable bonds is 5. The summed E-state index contributed by atoms with van der Waals surface area (Å²) in [6.07, 6.45) is 3.37. The summed E-state index contributed by atoms with van der Waals surface area (Å²) in [5.41, 5.74) is 1.22. The maximum absolute atomic E-state index is 13.0. The van der Waals surface area contributed by atoms with Gasteiger partial charge in [0.2, 0.25) is 5.91 Å². The van der Waals surface area contributed by atoms with Gasteiger partial charge in [-0.3, -0.25) is 14.4 Å². The van der Waals surface area contributed by atoms with E-state index in [0.29, 0.717) is 43.6 Å². The molecule has 148 valence electrons. The second-order valence-corrected chi connectivity index (χ2v) is 6.72. The first kappa shape index (κ1) is 19.5. The number of carboxylic acids is 1. The van der Waals surface area contributed by atoms with E-state index < -0.39 is 5.97 Å². The lowest BCUT2D eigenvalue weighted by atomic mass is 10.1. The van der Waals surface area contributed by atoms with Gasteiger partial charge in [0.1, 0.15) is 12.9 Å². The fourth-order valence-electron chi connectivity index (χ4n) is 3.48. The van der Waals surface area contributed by atoms with Gasteiger partial charge in [0, 0.05) is 31.6 Å². The molecule has 0 bridgehead atoms. The van der Waals surface area contributed by atoms with Crippen LogP contribution < -0.4 is 0 Å². The van der Waals surface area contributed by atoms with Crippen molar-refractivity contribution in [1.82, 2.24) is 30.0 Å². The molecule has 1 aromatic heterocycles. The Bertz CT molecular complexity index is 854. The van der Waals surface area contributed by atoms with E-state index in [2.05, 4.69) is 15.5 Å². The second-order valence-electron chi connectivity index (χ2n) is 6.72.